The first-order valence-electron chi connectivity index (χ1n) is 10.6. The van der Waals surface area contributed by atoms with Crippen LogP contribution in [-0.4, -0.2) is 35.5 Å². The Morgan fingerprint density at radius 3 is 2.85 bits per heavy atom. The number of rotatable bonds is 1. The van der Waals surface area contributed by atoms with E-state index >= 15 is 0 Å². The number of esters is 1. The molecular formula is C22H28O4. The van der Waals surface area contributed by atoms with Crippen LogP contribution in [0.25, 0.3) is 0 Å². The van der Waals surface area contributed by atoms with Gasteiger partial charge in [0.2, 0.25) is 0 Å². The Hall–Kier alpha value is -0.870. The van der Waals surface area contributed by atoms with Crippen LogP contribution in [0.4, 0.5) is 0 Å². The molecule has 2 heterocycles. The maximum Gasteiger partial charge on any atom is 0.334 e. The molecule has 1 saturated heterocycles. The van der Waals surface area contributed by atoms with Gasteiger partial charge < -0.3 is 14.6 Å². The van der Waals surface area contributed by atoms with E-state index in [2.05, 4.69) is 20.8 Å². The Kier molecular flexibility index (Phi) is 2.22. The van der Waals surface area contributed by atoms with E-state index in [-0.39, 0.29) is 40.0 Å². The molecule has 0 bridgehead atoms. The summed E-state index contributed by atoms with van der Waals surface area (Å²) >= 11 is 0. The molecule has 5 aliphatic carbocycles. The zero-order valence-electron chi connectivity index (χ0n) is 15.9. The molecule has 140 valence electrons. The van der Waals surface area contributed by atoms with Crippen LogP contribution in [0.2, 0.25) is 0 Å². The fraction of sp³-hybridized carbons (Fsp3) is 0.864. The van der Waals surface area contributed by atoms with Gasteiger partial charge in [-0.1, -0.05) is 20.8 Å². The van der Waals surface area contributed by atoms with Crippen molar-refractivity contribution in [2.75, 3.05) is 6.61 Å². The Morgan fingerprint density at radius 2 is 2.08 bits per heavy atom. The van der Waals surface area contributed by atoms with Crippen molar-refractivity contribution in [2.24, 2.45) is 39.9 Å². The SMILES string of the molecule is CC(C)C12O[C@H]1[C@@H]1C[C@]13[C@]1(C[C@H]1C[C@H]1C4=C(CC[C@@]13C)C(=O)OC4)[C@@H]2O. The number of ether oxygens (including phenoxy) is 2. The fourth-order valence-corrected chi connectivity index (χ4v) is 9.32. The quantitative estimate of drug-likeness (QED) is 0.580. The molecule has 4 saturated carbocycles. The van der Waals surface area contributed by atoms with Gasteiger partial charge in [0.15, 0.2) is 0 Å². The summed E-state index contributed by atoms with van der Waals surface area (Å²) in [6.07, 6.45) is 5.42. The molecule has 9 atom stereocenters. The third kappa shape index (κ3) is 1.15. The van der Waals surface area contributed by atoms with Crippen molar-refractivity contribution in [3.05, 3.63) is 11.1 Å². The summed E-state index contributed by atoms with van der Waals surface area (Å²) in [5.74, 6) is 2.01. The molecule has 5 fully saturated rings. The van der Waals surface area contributed by atoms with Gasteiger partial charge in [-0.05, 0) is 72.2 Å². The minimum absolute atomic E-state index is 0.0624. The lowest BCUT2D eigenvalue weighted by Gasteiger charge is -2.58. The van der Waals surface area contributed by atoms with Gasteiger partial charge >= 0.3 is 5.97 Å². The maximum atomic E-state index is 12.1. The summed E-state index contributed by atoms with van der Waals surface area (Å²) in [5, 5.41) is 11.6. The molecular weight excluding hydrogens is 328 g/mol. The number of carbonyl (C=O) groups is 1. The summed E-state index contributed by atoms with van der Waals surface area (Å²) < 4.78 is 11.8. The molecule has 0 amide bonds. The van der Waals surface area contributed by atoms with Crippen LogP contribution in [0.5, 0.6) is 0 Å². The predicted molar refractivity (Wildman–Crippen MR) is 93.0 cm³/mol. The molecule has 4 nitrogen and oxygen atoms in total. The first-order chi connectivity index (χ1) is 12.3. The maximum absolute atomic E-state index is 12.1. The highest BCUT2D eigenvalue weighted by Crippen LogP contribution is 2.94. The van der Waals surface area contributed by atoms with E-state index in [1.165, 1.54) is 18.4 Å². The van der Waals surface area contributed by atoms with Crippen molar-refractivity contribution < 1.29 is 19.4 Å². The Bertz CT molecular complexity index is 815. The van der Waals surface area contributed by atoms with E-state index in [1.807, 2.05) is 0 Å². The van der Waals surface area contributed by atoms with Gasteiger partial charge in [-0.2, -0.15) is 0 Å². The summed E-state index contributed by atoms with van der Waals surface area (Å²) in [6.45, 7) is 7.45. The van der Waals surface area contributed by atoms with Crippen LogP contribution in [0.15, 0.2) is 11.1 Å². The monoisotopic (exact) mass is 356 g/mol. The Morgan fingerprint density at radius 1 is 1.27 bits per heavy atom. The Balaban J connectivity index is 1.39. The van der Waals surface area contributed by atoms with E-state index in [1.54, 1.807) is 0 Å². The summed E-state index contributed by atoms with van der Waals surface area (Å²) in [4.78, 5) is 12.1. The van der Waals surface area contributed by atoms with Crippen molar-refractivity contribution in [1.82, 2.24) is 0 Å². The largest absolute Gasteiger partial charge is 0.458 e. The minimum atomic E-state index is -0.307. The summed E-state index contributed by atoms with van der Waals surface area (Å²) in [5.41, 5.74) is 2.54. The van der Waals surface area contributed by atoms with Crippen molar-refractivity contribution >= 4 is 5.97 Å². The summed E-state index contributed by atoms with van der Waals surface area (Å²) in [6, 6.07) is 0. The molecule has 0 aromatic heterocycles. The van der Waals surface area contributed by atoms with Crippen molar-refractivity contribution in [3.63, 3.8) is 0 Å². The van der Waals surface area contributed by atoms with Gasteiger partial charge in [-0.25, -0.2) is 4.79 Å². The van der Waals surface area contributed by atoms with Crippen molar-refractivity contribution in [3.8, 4) is 0 Å². The van der Waals surface area contributed by atoms with Gasteiger partial charge in [0.25, 0.3) is 0 Å². The van der Waals surface area contributed by atoms with Crippen LogP contribution in [0.1, 0.15) is 52.9 Å². The minimum Gasteiger partial charge on any atom is -0.458 e. The van der Waals surface area contributed by atoms with Crippen LogP contribution >= 0.6 is 0 Å². The standard InChI is InChI=1S/C22H28O4/c1-10(2)22-16(26-22)15-8-21(15)19(3)5-4-12-13(9-25-17(12)23)14(19)6-11-7-20(11,21)18(22)24/h10-11,14-16,18,24H,4-9H2,1-3H3/t11-,14+,15+,16+,18+,19+,20+,21+,22?/m1/s1. The normalized spacial score (nSPS) is 63.1. The number of aliphatic hydroxyl groups excluding tert-OH is 1. The van der Waals surface area contributed by atoms with E-state index in [0.29, 0.717) is 30.3 Å². The second-order valence-corrected chi connectivity index (χ2v) is 11.0. The van der Waals surface area contributed by atoms with Gasteiger partial charge in [0.1, 0.15) is 12.2 Å². The number of aliphatic hydroxyl groups is 1. The molecule has 7 aliphatic rings. The first kappa shape index (κ1) is 15.1. The first-order valence-corrected chi connectivity index (χ1v) is 10.6. The molecule has 0 aromatic carbocycles. The van der Waals surface area contributed by atoms with Crippen molar-refractivity contribution in [1.29, 1.82) is 0 Å². The molecule has 1 unspecified atom stereocenters. The van der Waals surface area contributed by atoms with Crippen LogP contribution in [-0.2, 0) is 14.3 Å². The van der Waals surface area contributed by atoms with Crippen molar-refractivity contribution in [2.45, 2.75) is 70.7 Å². The highest BCUT2D eigenvalue weighted by atomic mass is 16.6. The zero-order chi connectivity index (χ0) is 17.9. The highest BCUT2D eigenvalue weighted by molar-refractivity contribution is 5.92. The molecule has 7 rings (SSSR count). The molecule has 26 heavy (non-hydrogen) atoms. The Labute approximate surface area is 154 Å². The lowest BCUT2D eigenvalue weighted by atomic mass is 9.45. The van der Waals surface area contributed by atoms with Gasteiger partial charge in [-0.3, -0.25) is 0 Å². The molecule has 4 heteroatoms. The highest BCUT2D eigenvalue weighted by Gasteiger charge is 2.96. The average molecular weight is 356 g/mol. The molecule has 1 N–H and O–H groups in total. The number of carbonyl (C=O) groups excluding carboxylic acids is 1. The lowest BCUT2D eigenvalue weighted by molar-refractivity contribution is -0.136. The second kappa shape index (κ2) is 3.82. The number of hydrogen-bond acceptors (Lipinski definition) is 4. The number of hydrogen-bond donors (Lipinski definition) is 1. The van der Waals surface area contributed by atoms with E-state index in [9.17, 15) is 9.90 Å². The second-order valence-electron chi connectivity index (χ2n) is 11.0. The van der Waals surface area contributed by atoms with Crippen LogP contribution in [0, 0.1) is 39.9 Å². The van der Waals surface area contributed by atoms with Crippen LogP contribution < -0.4 is 0 Å². The third-order valence-electron chi connectivity index (χ3n) is 10.5. The zero-order valence-corrected chi connectivity index (χ0v) is 15.9. The third-order valence-corrected chi connectivity index (χ3v) is 10.5. The van der Waals surface area contributed by atoms with E-state index < -0.39 is 0 Å². The number of epoxide rings is 1. The molecule has 0 aromatic rings. The molecule has 0 radical (unpaired) electrons. The van der Waals surface area contributed by atoms with Gasteiger partial charge in [-0.15, -0.1) is 0 Å². The molecule has 2 aliphatic heterocycles. The van der Waals surface area contributed by atoms with Gasteiger partial charge in [0.05, 0.1) is 12.2 Å². The topological polar surface area (TPSA) is 59.1 Å². The predicted octanol–water partition coefficient (Wildman–Crippen LogP) is 2.84. The molecule has 2 spiro atoms. The smallest absolute Gasteiger partial charge is 0.334 e. The van der Waals surface area contributed by atoms with E-state index in [0.717, 1.165) is 24.8 Å². The summed E-state index contributed by atoms with van der Waals surface area (Å²) in [7, 11) is 0. The average Bonchev–Trinajstić information content (AvgIpc) is 3.47. The lowest BCUT2D eigenvalue weighted by Crippen LogP contribution is -2.60. The number of fused-ring (bicyclic) bond motifs is 4. The number of cyclic esters (lactones) is 1. The van der Waals surface area contributed by atoms with Gasteiger partial charge in [0, 0.05) is 11.0 Å². The fourth-order valence-electron chi connectivity index (χ4n) is 9.32. The van der Waals surface area contributed by atoms with Crippen LogP contribution in [0.3, 0.4) is 0 Å². The van der Waals surface area contributed by atoms with E-state index in [4.69, 9.17) is 9.47 Å².